The summed E-state index contributed by atoms with van der Waals surface area (Å²) in [5, 5.41) is 10.3. The molecular formula is C46H63F2N5O6SSi2. The van der Waals surface area contributed by atoms with Crippen molar-refractivity contribution in [2.24, 2.45) is 0 Å². The molecule has 2 aromatic carbocycles. The van der Waals surface area contributed by atoms with Gasteiger partial charge < -0.3 is 19.2 Å². The minimum Gasteiger partial charge on any atom is -0.543 e. The predicted octanol–water partition coefficient (Wildman–Crippen LogP) is 11.0. The van der Waals surface area contributed by atoms with Gasteiger partial charge in [-0.05, 0) is 69.7 Å². The third-order valence-corrected chi connectivity index (χ3v) is 26.9. The van der Waals surface area contributed by atoms with E-state index in [2.05, 4.69) is 105 Å². The predicted molar refractivity (Wildman–Crippen MR) is 248 cm³/mol. The molecule has 62 heavy (non-hydrogen) atoms. The smallest absolute Gasteiger partial charge is 0.407 e. The van der Waals surface area contributed by atoms with Gasteiger partial charge in [-0.3, -0.25) is 4.90 Å². The first-order chi connectivity index (χ1) is 28.9. The second kappa shape index (κ2) is 17.3. The SMILES string of the molecule is COc1nc(-c2cc(O[Si](C(C)C)(C(C)C)C(C)C)cc3ccc(F)c(C#C[Si](C(C)C)(C(C)C)C(C)C)c23)c(F)c2nc(S(C)(=O)=O)nc(N3C[C@H]4CC[C@@H](C3)N4C(=O)O)c12. The second-order valence-electron chi connectivity index (χ2n) is 19.1. The molecule has 0 aliphatic carbocycles. The van der Waals surface area contributed by atoms with Crippen LogP contribution in [0.5, 0.6) is 11.6 Å². The van der Waals surface area contributed by atoms with Crippen LogP contribution >= 0.6 is 0 Å². The highest BCUT2D eigenvalue weighted by Gasteiger charge is 2.48. The topological polar surface area (TPSA) is 135 Å². The molecule has 16 heteroatoms. The number of carbonyl (C=O) groups is 1. The monoisotopic (exact) mass is 907 g/mol. The third kappa shape index (κ3) is 7.95. The minimum atomic E-state index is -4.11. The van der Waals surface area contributed by atoms with Gasteiger partial charge >= 0.3 is 6.09 Å². The number of benzene rings is 2. The molecule has 6 rings (SSSR count). The van der Waals surface area contributed by atoms with Gasteiger partial charge in [-0.15, -0.1) is 5.54 Å². The Morgan fingerprint density at radius 2 is 1.40 bits per heavy atom. The van der Waals surface area contributed by atoms with Gasteiger partial charge in [0.2, 0.25) is 20.9 Å². The Balaban J connectivity index is 1.73. The summed E-state index contributed by atoms with van der Waals surface area (Å²) in [5.74, 6) is 2.27. The first-order valence-corrected chi connectivity index (χ1v) is 28.1. The number of sulfone groups is 1. The fourth-order valence-electron chi connectivity index (χ4n) is 11.2. The molecule has 2 aliphatic heterocycles. The minimum absolute atomic E-state index is 0.0414. The number of anilines is 1. The summed E-state index contributed by atoms with van der Waals surface area (Å²) in [6, 6.07) is 5.86. The number of fused-ring (bicyclic) bond motifs is 4. The van der Waals surface area contributed by atoms with Gasteiger partial charge in [0.05, 0.1) is 24.8 Å². The molecule has 1 N–H and O–H groups in total. The molecule has 0 spiro atoms. The summed E-state index contributed by atoms with van der Waals surface area (Å²) < 4.78 is 74.2. The summed E-state index contributed by atoms with van der Waals surface area (Å²) in [6.07, 6.45) is 1.14. The number of aromatic nitrogens is 3. The van der Waals surface area contributed by atoms with Crippen LogP contribution in [0, 0.1) is 23.1 Å². The maximum Gasteiger partial charge on any atom is 0.407 e. The van der Waals surface area contributed by atoms with Crippen molar-refractivity contribution in [1.29, 1.82) is 0 Å². The van der Waals surface area contributed by atoms with Crippen molar-refractivity contribution in [3.63, 3.8) is 0 Å². The van der Waals surface area contributed by atoms with E-state index in [-0.39, 0.29) is 97.8 Å². The average molecular weight is 908 g/mol. The maximum atomic E-state index is 18.0. The molecule has 2 aliphatic rings. The molecule has 0 saturated carbocycles. The Morgan fingerprint density at radius 3 is 1.89 bits per heavy atom. The molecule has 0 unspecified atom stereocenters. The quantitative estimate of drug-likeness (QED) is 0.0831. The van der Waals surface area contributed by atoms with E-state index in [0.29, 0.717) is 29.4 Å². The van der Waals surface area contributed by atoms with E-state index < -0.39 is 49.1 Å². The van der Waals surface area contributed by atoms with Crippen molar-refractivity contribution >= 4 is 59.8 Å². The number of hydrogen-bond acceptors (Lipinski definition) is 9. The highest BCUT2D eigenvalue weighted by atomic mass is 32.2. The van der Waals surface area contributed by atoms with E-state index in [1.54, 1.807) is 17.0 Å². The zero-order valence-electron chi connectivity index (χ0n) is 38.6. The van der Waals surface area contributed by atoms with Gasteiger partial charge in [0, 0.05) is 30.3 Å². The van der Waals surface area contributed by atoms with E-state index in [0.717, 1.165) is 6.26 Å². The standard InChI is InChI=1S/C46H63F2N5O6SSi2/c1-25(2)61(26(3)4,27(5)6)20-19-35-37(47)18-15-31-21-34(59-62(28(7)8,29(9)10)30(11)12)22-36(38(31)35)41-40(48)42-39(44(49-41)58-13)43(51-45(50-42)60(14,56)57)52-23-32-16-17-33(24-52)53(32)46(54)55/h15,18,21-22,25-30,32-33H,16-17,23-24H2,1-14H3,(H,54,55)/t32-,33+. The van der Waals surface area contributed by atoms with Crippen molar-refractivity contribution in [2.75, 3.05) is 31.4 Å². The number of methoxy groups -OCH3 is 1. The number of carboxylic acid groups (broad SMARTS) is 1. The Bertz CT molecular complexity index is 2520. The van der Waals surface area contributed by atoms with E-state index in [1.165, 1.54) is 18.1 Å². The first kappa shape index (κ1) is 47.1. The molecule has 4 aromatic rings. The van der Waals surface area contributed by atoms with Gasteiger partial charge in [0.25, 0.3) is 8.32 Å². The molecule has 2 bridgehead atoms. The van der Waals surface area contributed by atoms with Crippen LogP contribution < -0.4 is 14.1 Å². The normalized spacial score (nSPS) is 17.4. The average Bonchev–Trinajstić information content (AvgIpc) is 3.45. The Morgan fingerprint density at radius 1 is 0.839 bits per heavy atom. The molecule has 4 heterocycles. The van der Waals surface area contributed by atoms with Crippen molar-refractivity contribution in [2.45, 2.75) is 146 Å². The van der Waals surface area contributed by atoms with E-state index >= 15 is 8.78 Å². The van der Waals surface area contributed by atoms with Crippen LogP contribution in [0.25, 0.3) is 32.9 Å². The van der Waals surface area contributed by atoms with Crippen molar-refractivity contribution in [1.82, 2.24) is 19.9 Å². The van der Waals surface area contributed by atoms with Crippen LogP contribution in [-0.2, 0) is 9.84 Å². The van der Waals surface area contributed by atoms with Crippen LogP contribution in [0.1, 0.15) is 101 Å². The molecular weight excluding hydrogens is 845 g/mol. The van der Waals surface area contributed by atoms with Crippen molar-refractivity contribution in [3.05, 3.63) is 41.5 Å². The van der Waals surface area contributed by atoms with E-state index in [1.807, 2.05) is 6.07 Å². The van der Waals surface area contributed by atoms with Gasteiger partial charge in [0.1, 0.15) is 42.1 Å². The molecule has 2 atom stereocenters. The van der Waals surface area contributed by atoms with Gasteiger partial charge in [-0.25, -0.2) is 36.9 Å². The second-order valence-corrected chi connectivity index (χ2v) is 32.0. The van der Waals surface area contributed by atoms with Crippen molar-refractivity contribution < 1.29 is 36.3 Å². The van der Waals surface area contributed by atoms with E-state index in [9.17, 15) is 18.3 Å². The number of hydrogen-bond donors (Lipinski definition) is 1. The number of piperazine rings is 1. The largest absolute Gasteiger partial charge is 0.543 e. The summed E-state index contributed by atoms with van der Waals surface area (Å²) >= 11 is 0. The third-order valence-electron chi connectivity index (χ3n) is 13.8. The lowest BCUT2D eigenvalue weighted by Gasteiger charge is -2.42. The van der Waals surface area contributed by atoms with Crippen LogP contribution in [-0.4, -0.2) is 94.4 Å². The molecule has 2 aromatic heterocycles. The highest BCUT2D eigenvalue weighted by molar-refractivity contribution is 7.90. The van der Waals surface area contributed by atoms with E-state index in [4.69, 9.17) is 14.1 Å². The number of nitrogens with zero attached hydrogens (tertiary/aromatic N) is 5. The lowest BCUT2D eigenvalue weighted by Crippen LogP contribution is -2.55. The summed E-state index contributed by atoms with van der Waals surface area (Å²) in [6.45, 7) is 26.5. The number of amides is 1. The number of rotatable bonds is 12. The number of halogens is 2. The fourth-order valence-corrected chi connectivity index (χ4v) is 22.1. The summed E-state index contributed by atoms with van der Waals surface area (Å²) in [7, 11) is -7.72. The van der Waals surface area contributed by atoms with Gasteiger partial charge in [-0.2, -0.15) is 0 Å². The molecule has 0 radical (unpaired) electrons. The van der Waals surface area contributed by atoms with Crippen LogP contribution in [0.15, 0.2) is 29.4 Å². The zero-order valence-corrected chi connectivity index (χ0v) is 41.5. The maximum absolute atomic E-state index is 18.0. The lowest BCUT2D eigenvalue weighted by atomic mass is 9.95. The van der Waals surface area contributed by atoms with Crippen LogP contribution in [0.3, 0.4) is 0 Å². The summed E-state index contributed by atoms with van der Waals surface area (Å²) in [5.41, 5.74) is 4.75. The van der Waals surface area contributed by atoms with Crippen LogP contribution in [0.4, 0.5) is 19.4 Å². The molecule has 2 fully saturated rings. The van der Waals surface area contributed by atoms with Crippen LogP contribution in [0.2, 0.25) is 33.2 Å². The highest BCUT2D eigenvalue weighted by Crippen LogP contribution is 2.47. The van der Waals surface area contributed by atoms with Gasteiger partial charge in [0.15, 0.2) is 5.82 Å². The number of ether oxygens (including phenoxy) is 1. The Kier molecular flexibility index (Phi) is 13.2. The number of pyridine rings is 1. The molecule has 1 amide bonds. The Labute approximate surface area is 368 Å². The summed E-state index contributed by atoms with van der Waals surface area (Å²) in [4.78, 5) is 29.0. The fraction of sp³-hybridized carbons (Fsp3) is 0.565. The molecule has 11 nitrogen and oxygen atoms in total. The Hall–Kier alpha value is -4.34. The molecule has 336 valence electrons. The van der Waals surface area contributed by atoms with Gasteiger partial charge in [-0.1, -0.05) is 95.1 Å². The molecule has 2 saturated heterocycles. The first-order valence-electron chi connectivity index (χ1n) is 21.8. The lowest BCUT2D eigenvalue weighted by molar-refractivity contribution is 0.114. The zero-order chi connectivity index (χ0) is 46.0. The van der Waals surface area contributed by atoms with Crippen molar-refractivity contribution in [3.8, 4) is 34.4 Å².